The summed E-state index contributed by atoms with van der Waals surface area (Å²) in [6.45, 7) is 6.28. The van der Waals surface area contributed by atoms with Gasteiger partial charge in [0.15, 0.2) is 0 Å². The molecule has 1 atom stereocenters. The zero-order chi connectivity index (χ0) is 13.7. The Hall–Kier alpha value is -1.13. The minimum atomic E-state index is 0.290. The molecular formula is C15H20BrN3. The summed E-state index contributed by atoms with van der Waals surface area (Å²) < 4.78 is 3.34. The van der Waals surface area contributed by atoms with E-state index in [4.69, 9.17) is 0 Å². The topological polar surface area (TPSA) is 29.9 Å². The quantitative estimate of drug-likeness (QED) is 0.821. The fourth-order valence-corrected chi connectivity index (χ4v) is 2.55. The third kappa shape index (κ3) is 3.67. The number of nitrogens with zero attached hydrogens (tertiary/aromatic N) is 2. The number of hydrogen-bond donors (Lipinski definition) is 1. The second-order valence-corrected chi connectivity index (χ2v) is 5.62. The Balaban J connectivity index is 2.15. The molecule has 3 nitrogen and oxygen atoms in total. The molecule has 0 radical (unpaired) electrons. The van der Waals surface area contributed by atoms with Crippen LogP contribution in [0.2, 0.25) is 0 Å². The summed E-state index contributed by atoms with van der Waals surface area (Å²) >= 11 is 3.53. The van der Waals surface area contributed by atoms with Crippen LogP contribution in [0.15, 0.2) is 41.3 Å². The molecule has 0 spiro atoms. The molecule has 2 aromatic rings. The molecule has 1 N–H and O–H groups in total. The maximum absolute atomic E-state index is 4.28. The Kier molecular flexibility index (Phi) is 5.16. The van der Waals surface area contributed by atoms with Gasteiger partial charge in [0.1, 0.15) is 0 Å². The van der Waals surface area contributed by atoms with Crippen molar-refractivity contribution in [3.63, 3.8) is 0 Å². The second-order valence-electron chi connectivity index (χ2n) is 4.70. The van der Waals surface area contributed by atoms with E-state index < -0.39 is 0 Å². The van der Waals surface area contributed by atoms with Gasteiger partial charge in [0, 0.05) is 17.2 Å². The lowest BCUT2D eigenvalue weighted by Crippen LogP contribution is -2.18. The van der Waals surface area contributed by atoms with Crippen molar-refractivity contribution in [2.45, 2.75) is 32.9 Å². The molecule has 4 heteroatoms. The van der Waals surface area contributed by atoms with E-state index in [9.17, 15) is 0 Å². The standard InChI is InChI=1S/C15H20BrN3/c1-3-7-17-9-15-10-18-11-19(15)12(2)13-5-4-6-14(16)8-13/h4-6,8,10-12,17H,3,7,9H2,1-2H3. The van der Waals surface area contributed by atoms with Crippen LogP contribution >= 0.6 is 15.9 Å². The van der Waals surface area contributed by atoms with Crippen molar-refractivity contribution in [2.24, 2.45) is 0 Å². The van der Waals surface area contributed by atoms with Crippen molar-refractivity contribution in [3.05, 3.63) is 52.5 Å². The second kappa shape index (κ2) is 6.87. The van der Waals surface area contributed by atoms with E-state index >= 15 is 0 Å². The van der Waals surface area contributed by atoms with Gasteiger partial charge in [-0.15, -0.1) is 0 Å². The first kappa shape index (κ1) is 14.3. The third-order valence-corrected chi connectivity index (χ3v) is 3.72. The maximum atomic E-state index is 4.28. The minimum absolute atomic E-state index is 0.290. The van der Waals surface area contributed by atoms with Crippen LogP contribution in [0, 0.1) is 0 Å². The van der Waals surface area contributed by atoms with E-state index in [1.165, 1.54) is 11.3 Å². The summed E-state index contributed by atoms with van der Waals surface area (Å²) in [5, 5.41) is 3.43. The molecule has 0 bridgehead atoms. The zero-order valence-corrected chi connectivity index (χ0v) is 13.0. The average molecular weight is 322 g/mol. The smallest absolute Gasteiger partial charge is 0.0954 e. The Bertz CT molecular complexity index is 522. The van der Waals surface area contributed by atoms with E-state index in [1.54, 1.807) is 0 Å². The SMILES string of the molecule is CCCNCc1cncn1C(C)c1cccc(Br)c1. The van der Waals surface area contributed by atoms with Crippen molar-refractivity contribution in [2.75, 3.05) is 6.54 Å². The van der Waals surface area contributed by atoms with Gasteiger partial charge in [0.05, 0.1) is 18.1 Å². The van der Waals surface area contributed by atoms with E-state index in [0.29, 0.717) is 6.04 Å². The summed E-state index contributed by atoms with van der Waals surface area (Å²) in [7, 11) is 0. The van der Waals surface area contributed by atoms with E-state index in [0.717, 1.165) is 24.0 Å². The summed E-state index contributed by atoms with van der Waals surface area (Å²) in [6, 6.07) is 8.72. The third-order valence-electron chi connectivity index (χ3n) is 3.23. The zero-order valence-electron chi connectivity index (χ0n) is 11.4. The molecule has 0 fully saturated rings. The number of nitrogens with one attached hydrogen (secondary N) is 1. The van der Waals surface area contributed by atoms with Crippen LogP contribution in [0.3, 0.4) is 0 Å². The summed E-state index contributed by atoms with van der Waals surface area (Å²) in [6.07, 6.45) is 5.00. The molecule has 0 aliphatic carbocycles. The van der Waals surface area contributed by atoms with Crippen molar-refractivity contribution < 1.29 is 0 Å². The molecule has 0 aliphatic heterocycles. The van der Waals surface area contributed by atoms with Gasteiger partial charge >= 0.3 is 0 Å². The molecule has 102 valence electrons. The van der Waals surface area contributed by atoms with Crippen molar-refractivity contribution >= 4 is 15.9 Å². The van der Waals surface area contributed by atoms with Crippen LogP contribution < -0.4 is 5.32 Å². The van der Waals surface area contributed by atoms with Gasteiger partial charge in [0.25, 0.3) is 0 Å². The highest BCUT2D eigenvalue weighted by atomic mass is 79.9. The van der Waals surface area contributed by atoms with Gasteiger partial charge in [-0.2, -0.15) is 0 Å². The van der Waals surface area contributed by atoms with E-state index in [1.807, 2.05) is 18.6 Å². The number of aromatic nitrogens is 2. The van der Waals surface area contributed by atoms with E-state index in [-0.39, 0.29) is 0 Å². The lowest BCUT2D eigenvalue weighted by molar-refractivity contribution is 0.574. The van der Waals surface area contributed by atoms with Crippen molar-refractivity contribution in [1.82, 2.24) is 14.9 Å². The first-order chi connectivity index (χ1) is 9.22. The Morgan fingerprint density at radius 1 is 1.42 bits per heavy atom. The molecule has 2 rings (SSSR count). The van der Waals surface area contributed by atoms with Crippen LogP contribution in [0.4, 0.5) is 0 Å². The fourth-order valence-electron chi connectivity index (χ4n) is 2.14. The largest absolute Gasteiger partial charge is 0.326 e. The monoisotopic (exact) mass is 321 g/mol. The first-order valence-electron chi connectivity index (χ1n) is 6.69. The summed E-state index contributed by atoms with van der Waals surface area (Å²) in [5.74, 6) is 0. The lowest BCUT2D eigenvalue weighted by Gasteiger charge is -2.17. The molecule has 19 heavy (non-hydrogen) atoms. The Morgan fingerprint density at radius 2 is 2.26 bits per heavy atom. The fraction of sp³-hybridized carbons (Fsp3) is 0.400. The molecule has 1 unspecified atom stereocenters. The molecule has 0 amide bonds. The van der Waals surface area contributed by atoms with Crippen LogP contribution in [-0.2, 0) is 6.54 Å². The number of hydrogen-bond acceptors (Lipinski definition) is 2. The number of benzene rings is 1. The summed E-state index contributed by atoms with van der Waals surface area (Å²) in [5.41, 5.74) is 2.50. The van der Waals surface area contributed by atoms with Crippen LogP contribution in [-0.4, -0.2) is 16.1 Å². The van der Waals surface area contributed by atoms with Crippen LogP contribution in [0.1, 0.15) is 37.6 Å². The highest BCUT2D eigenvalue weighted by molar-refractivity contribution is 9.10. The number of halogens is 1. The minimum Gasteiger partial charge on any atom is -0.326 e. The Morgan fingerprint density at radius 3 is 3.00 bits per heavy atom. The van der Waals surface area contributed by atoms with E-state index in [2.05, 4.69) is 62.8 Å². The van der Waals surface area contributed by atoms with Gasteiger partial charge in [0.2, 0.25) is 0 Å². The molecule has 1 aromatic heterocycles. The first-order valence-corrected chi connectivity index (χ1v) is 7.48. The Labute approximate surface area is 123 Å². The van der Waals surface area contributed by atoms with Gasteiger partial charge in [-0.1, -0.05) is 35.0 Å². The lowest BCUT2D eigenvalue weighted by atomic mass is 10.1. The van der Waals surface area contributed by atoms with Gasteiger partial charge in [-0.25, -0.2) is 4.98 Å². The number of imidazole rings is 1. The number of rotatable bonds is 6. The van der Waals surface area contributed by atoms with Gasteiger partial charge in [-0.05, 0) is 37.6 Å². The van der Waals surface area contributed by atoms with Gasteiger partial charge in [-0.3, -0.25) is 0 Å². The molecule has 0 saturated heterocycles. The molecular weight excluding hydrogens is 302 g/mol. The molecule has 1 heterocycles. The van der Waals surface area contributed by atoms with Gasteiger partial charge < -0.3 is 9.88 Å². The normalized spacial score (nSPS) is 12.6. The average Bonchev–Trinajstić information content (AvgIpc) is 2.86. The summed E-state index contributed by atoms with van der Waals surface area (Å²) in [4.78, 5) is 4.28. The molecule has 0 aliphatic rings. The highest BCUT2D eigenvalue weighted by Crippen LogP contribution is 2.22. The van der Waals surface area contributed by atoms with Crippen molar-refractivity contribution in [1.29, 1.82) is 0 Å². The van der Waals surface area contributed by atoms with Crippen LogP contribution in [0.25, 0.3) is 0 Å². The van der Waals surface area contributed by atoms with Crippen LogP contribution in [0.5, 0.6) is 0 Å². The molecule has 1 aromatic carbocycles. The predicted molar refractivity (Wildman–Crippen MR) is 82.2 cm³/mol. The highest BCUT2D eigenvalue weighted by Gasteiger charge is 2.11. The predicted octanol–water partition coefficient (Wildman–Crippen LogP) is 3.75. The van der Waals surface area contributed by atoms with Crippen molar-refractivity contribution in [3.8, 4) is 0 Å². The molecule has 0 saturated carbocycles. The maximum Gasteiger partial charge on any atom is 0.0954 e.